The van der Waals surface area contributed by atoms with Crippen LogP contribution in [0.25, 0.3) is 0 Å². The molecule has 2 aromatic rings. The van der Waals surface area contributed by atoms with E-state index >= 15 is 0 Å². The molecule has 1 amide bonds. The molecule has 0 aliphatic carbocycles. The van der Waals surface area contributed by atoms with E-state index in [1.165, 1.54) is 32.4 Å². The van der Waals surface area contributed by atoms with Gasteiger partial charge >= 0.3 is 11.9 Å². The minimum atomic E-state index is -0.625. The Morgan fingerprint density at radius 1 is 1.00 bits per heavy atom. The highest BCUT2D eigenvalue weighted by Crippen LogP contribution is 2.19. The van der Waals surface area contributed by atoms with Crippen molar-refractivity contribution in [1.82, 2.24) is 4.90 Å². The first-order valence-electron chi connectivity index (χ1n) is 8.95. The summed E-state index contributed by atoms with van der Waals surface area (Å²) in [5.41, 5.74) is 1.49. The number of ether oxygens (including phenoxy) is 2. The van der Waals surface area contributed by atoms with Gasteiger partial charge in [0.05, 0.1) is 31.9 Å². The Hall–Kier alpha value is -2.90. The highest BCUT2D eigenvalue weighted by molar-refractivity contribution is 6.31. The van der Waals surface area contributed by atoms with E-state index in [9.17, 15) is 14.4 Å². The zero-order valence-electron chi connectivity index (χ0n) is 16.5. The summed E-state index contributed by atoms with van der Waals surface area (Å²) in [6.07, 6.45) is 0. The van der Waals surface area contributed by atoms with Crippen LogP contribution in [0, 0.1) is 0 Å². The van der Waals surface area contributed by atoms with Crippen molar-refractivity contribution in [2.75, 3.05) is 32.6 Å². The fourth-order valence-corrected chi connectivity index (χ4v) is 2.92. The van der Waals surface area contributed by atoms with Crippen LogP contribution in [0.15, 0.2) is 42.5 Å². The molecule has 0 unspecified atom stereocenters. The van der Waals surface area contributed by atoms with Crippen molar-refractivity contribution < 1.29 is 23.9 Å². The summed E-state index contributed by atoms with van der Waals surface area (Å²) in [5, 5.41) is 3.36. The maximum atomic E-state index is 12.5. The predicted molar refractivity (Wildman–Crippen MR) is 110 cm³/mol. The molecule has 0 spiro atoms. The SMILES string of the molecule is CCN(CC(=O)Nc1cc(C(=O)OC)cc(C(=O)OC)c1)Cc1ccccc1Cl. The minimum Gasteiger partial charge on any atom is -0.465 e. The van der Waals surface area contributed by atoms with Crippen LogP contribution >= 0.6 is 11.6 Å². The lowest BCUT2D eigenvalue weighted by Gasteiger charge is -2.20. The maximum absolute atomic E-state index is 12.5. The highest BCUT2D eigenvalue weighted by atomic mass is 35.5. The number of nitrogens with one attached hydrogen (secondary N) is 1. The van der Waals surface area contributed by atoms with Crippen molar-refractivity contribution in [3.05, 3.63) is 64.2 Å². The Balaban J connectivity index is 2.14. The second kappa shape index (κ2) is 10.6. The van der Waals surface area contributed by atoms with Crippen molar-refractivity contribution in [2.24, 2.45) is 0 Å². The standard InChI is InChI=1S/C21H23ClN2O5/c1-4-24(12-14-7-5-6-8-18(14)22)13-19(25)23-17-10-15(20(26)28-2)9-16(11-17)21(27)29-3/h5-11H,4,12-13H2,1-3H3,(H,23,25). The first-order chi connectivity index (χ1) is 13.9. The van der Waals surface area contributed by atoms with Gasteiger partial charge in [0.1, 0.15) is 0 Å². The van der Waals surface area contributed by atoms with Crippen LogP contribution < -0.4 is 5.32 Å². The fraction of sp³-hybridized carbons (Fsp3) is 0.286. The molecule has 2 rings (SSSR count). The molecule has 29 heavy (non-hydrogen) atoms. The number of hydrogen-bond acceptors (Lipinski definition) is 6. The second-order valence-electron chi connectivity index (χ2n) is 6.23. The number of methoxy groups -OCH3 is 2. The van der Waals surface area contributed by atoms with Crippen LogP contribution in [0.2, 0.25) is 5.02 Å². The zero-order chi connectivity index (χ0) is 21.4. The summed E-state index contributed by atoms with van der Waals surface area (Å²) in [6.45, 7) is 3.20. The van der Waals surface area contributed by atoms with Gasteiger partial charge in [0.2, 0.25) is 5.91 Å². The molecular weight excluding hydrogens is 396 g/mol. The molecule has 0 saturated carbocycles. The van der Waals surface area contributed by atoms with Crippen LogP contribution in [0.5, 0.6) is 0 Å². The van der Waals surface area contributed by atoms with E-state index < -0.39 is 11.9 Å². The van der Waals surface area contributed by atoms with Gasteiger partial charge in [0.25, 0.3) is 0 Å². The molecular formula is C21H23ClN2O5. The molecule has 0 bridgehead atoms. The van der Waals surface area contributed by atoms with Crippen molar-refractivity contribution >= 4 is 35.1 Å². The number of rotatable bonds is 8. The van der Waals surface area contributed by atoms with E-state index in [1.54, 1.807) is 6.07 Å². The summed E-state index contributed by atoms with van der Waals surface area (Å²) in [5.74, 6) is -1.54. The van der Waals surface area contributed by atoms with Crippen molar-refractivity contribution in [3.8, 4) is 0 Å². The van der Waals surface area contributed by atoms with Crippen LogP contribution in [0.3, 0.4) is 0 Å². The lowest BCUT2D eigenvalue weighted by molar-refractivity contribution is -0.117. The molecule has 0 atom stereocenters. The average Bonchev–Trinajstić information content (AvgIpc) is 2.73. The third-order valence-corrected chi connectivity index (χ3v) is 4.59. The topological polar surface area (TPSA) is 84.9 Å². The number of carbonyl (C=O) groups is 3. The smallest absolute Gasteiger partial charge is 0.337 e. The summed E-state index contributed by atoms with van der Waals surface area (Å²) in [6, 6.07) is 11.7. The van der Waals surface area contributed by atoms with Gasteiger partial charge in [-0.2, -0.15) is 0 Å². The summed E-state index contributed by atoms with van der Waals surface area (Å²) in [4.78, 5) is 38.2. The molecule has 0 radical (unpaired) electrons. The Morgan fingerprint density at radius 3 is 2.10 bits per heavy atom. The Kier molecular flexibility index (Phi) is 8.18. The summed E-state index contributed by atoms with van der Waals surface area (Å²) >= 11 is 6.20. The average molecular weight is 419 g/mol. The number of esters is 2. The zero-order valence-corrected chi connectivity index (χ0v) is 17.3. The number of nitrogens with zero attached hydrogens (tertiary/aromatic N) is 1. The van der Waals surface area contributed by atoms with Crippen LogP contribution in [0.1, 0.15) is 33.2 Å². The molecule has 1 N–H and O–H groups in total. The monoisotopic (exact) mass is 418 g/mol. The lowest BCUT2D eigenvalue weighted by atomic mass is 10.1. The first kappa shape index (κ1) is 22.4. The molecule has 7 nitrogen and oxygen atoms in total. The first-order valence-corrected chi connectivity index (χ1v) is 9.33. The molecule has 0 aliphatic heterocycles. The van der Waals surface area contributed by atoms with Gasteiger partial charge in [0.15, 0.2) is 0 Å². The van der Waals surface area contributed by atoms with Crippen molar-refractivity contribution in [1.29, 1.82) is 0 Å². The van der Waals surface area contributed by atoms with Gasteiger partial charge in [0, 0.05) is 17.3 Å². The van der Waals surface area contributed by atoms with E-state index in [0.717, 1.165) is 5.56 Å². The minimum absolute atomic E-state index is 0.109. The number of halogens is 1. The Bertz CT molecular complexity index is 866. The number of hydrogen-bond donors (Lipinski definition) is 1. The third-order valence-electron chi connectivity index (χ3n) is 4.23. The predicted octanol–water partition coefficient (Wildman–Crippen LogP) is 3.37. The van der Waals surface area contributed by atoms with Crippen molar-refractivity contribution in [3.63, 3.8) is 0 Å². The van der Waals surface area contributed by atoms with Gasteiger partial charge in [-0.15, -0.1) is 0 Å². The molecule has 2 aromatic carbocycles. The van der Waals surface area contributed by atoms with E-state index in [1.807, 2.05) is 30.0 Å². The van der Waals surface area contributed by atoms with E-state index in [0.29, 0.717) is 23.8 Å². The normalized spacial score (nSPS) is 10.5. The quantitative estimate of drug-likeness (QED) is 0.661. The molecule has 0 aromatic heterocycles. The van der Waals surface area contributed by atoms with Crippen molar-refractivity contribution in [2.45, 2.75) is 13.5 Å². The lowest BCUT2D eigenvalue weighted by Crippen LogP contribution is -2.33. The summed E-state index contributed by atoms with van der Waals surface area (Å²) < 4.78 is 9.40. The third kappa shape index (κ3) is 6.30. The summed E-state index contributed by atoms with van der Waals surface area (Å²) in [7, 11) is 2.47. The van der Waals surface area contributed by atoms with Gasteiger partial charge in [-0.25, -0.2) is 9.59 Å². The second-order valence-corrected chi connectivity index (χ2v) is 6.63. The molecule has 0 heterocycles. The number of benzene rings is 2. The molecule has 8 heteroatoms. The number of likely N-dealkylation sites (N-methyl/N-ethyl adjacent to an activating group) is 1. The fourth-order valence-electron chi connectivity index (χ4n) is 2.72. The Morgan fingerprint density at radius 2 is 1.59 bits per heavy atom. The van der Waals surface area contributed by atoms with Gasteiger partial charge in [-0.3, -0.25) is 9.69 Å². The van der Waals surface area contributed by atoms with E-state index in [2.05, 4.69) is 5.32 Å². The molecule has 0 fully saturated rings. The largest absolute Gasteiger partial charge is 0.465 e. The van der Waals surface area contributed by atoms with E-state index in [-0.39, 0.29) is 23.6 Å². The number of amides is 1. The van der Waals surface area contributed by atoms with Gasteiger partial charge in [-0.05, 0) is 36.4 Å². The number of anilines is 1. The maximum Gasteiger partial charge on any atom is 0.337 e. The number of carbonyl (C=O) groups excluding carboxylic acids is 3. The van der Waals surface area contributed by atoms with Crippen LogP contribution in [-0.2, 0) is 20.8 Å². The van der Waals surface area contributed by atoms with Crippen LogP contribution in [-0.4, -0.2) is 50.1 Å². The van der Waals surface area contributed by atoms with Crippen LogP contribution in [0.4, 0.5) is 5.69 Å². The molecule has 154 valence electrons. The van der Waals surface area contributed by atoms with Gasteiger partial charge < -0.3 is 14.8 Å². The van der Waals surface area contributed by atoms with Gasteiger partial charge in [-0.1, -0.05) is 36.7 Å². The molecule has 0 aliphatic rings. The molecule has 0 saturated heterocycles. The van der Waals surface area contributed by atoms with E-state index in [4.69, 9.17) is 21.1 Å². The Labute approximate surface area is 174 Å². The highest BCUT2D eigenvalue weighted by Gasteiger charge is 2.16.